The molecule has 1 fully saturated rings. The number of nitrogens with two attached hydrogens (primary N) is 1. The van der Waals surface area contributed by atoms with Gasteiger partial charge in [0.15, 0.2) is 0 Å². The van der Waals surface area contributed by atoms with Crippen LogP contribution in [-0.2, 0) is 9.53 Å². The Morgan fingerprint density at radius 1 is 1.39 bits per heavy atom. The van der Waals surface area contributed by atoms with Crippen LogP contribution in [-0.4, -0.2) is 42.6 Å². The van der Waals surface area contributed by atoms with E-state index < -0.39 is 5.54 Å². The van der Waals surface area contributed by atoms with E-state index in [4.69, 9.17) is 10.5 Å². The van der Waals surface area contributed by atoms with E-state index in [0.29, 0.717) is 13.0 Å². The van der Waals surface area contributed by atoms with Crippen LogP contribution in [0.3, 0.4) is 0 Å². The van der Waals surface area contributed by atoms with Crippen LogP contribution in [0.1, 0.15) is 46.5 Å². The molecule has 0 amide bonds. The normalized spacial score (nSPS) is 18.7. The zero-order valence-electron chi connectivity index (χ0n) is 12.1. The lowest BCUT2D eigenvalue weighted by molar-refractivity contribution is -0.149. The van der Waals surface area contributed by atoms with Gasteiger partial charge in [-0.3, -0.25) is 4.79 Å². The molecule has 1 aliphatic carbocycles. The van der Waals surface area contributed by atoms with E-state index >= 15 is 0 Å². The van der Waals surface area contributed by atoms with E-state index in [0.717, 1.165) is 32.0 Å². The Morgan fingerprint density at radius 2 is 2.06 bits per heavy atom. The minimum absolute atomic E-state index is 0.284. The van der Waals surface area contributed by atoms with E-state index in [-0.39, 0.29) is 5.97 Å². The average molecular weight is 256 g/mol. The van der Waals surface area contributed by atoms with Crippen LogP contribution >= 0.6 is 0 Å². The van der Waals surface area contributed by atoms with Crippen molar-refractivity contribution >= 4 is 5.97 Å². The van der Waals surface area contributed by atoms with E-state index in [1.165, 1.54) is 12.8 Å². The largest absolute Gasteiger partial charge is 0.465 e. The highest BCUT2D eigenvalue weighted by atomic mass is 16.5. The molecule has 1 saturated carbocycles. The first-order chi connectivity index (χ1) is 8.49. The molecule has 1 unspecified atom stereocenters. The molecule has 0 heterocycles. The van der Waals surface area contributed by atoms with Crippen LogP contribution < -0.4 is 5.73 Å². The molecule has 1 atom stereocenters. The fourth-order valence-corrected chi connectivity index (χ4v) is 2.06. The van der Waals surface area contributed by atoms with E-state index in [1.54, 1.807) is 6.92 Å². The van der Waals surface area contributed by atoms with Gasteiger partial charge in [-0.2, -0.15) is 0 Å². The number of carbonyl (C=O) groups is 1. The second kappa shape index (κ2) is 7.10. The Hall–Kier alpha value is -0.610. The molecular formula is C14H28N2O2. The highest BCUT2D eigenvalue weighted by Crippen LogP contribution is 2.30. The lowest BCUT2D eigenvalue weighted by Crippen LogP contribution is -2.48. The van der Waals surface area contributed by atoms with Gasteiger partial charge < -0.3 is 15.4 Å². The molecule has 18 heavy (non-hydrogen) atoms. The maximum atomic E-state index is 11.7. The maximum Gasteiger partial charge on any atom is 0.325 e. The minimum atomic E-state index is -0.856. The zero-order valence-corrected chi connectivity index (χ0v) is 12.1. The monoisotopic (exact) mass is 256 g/mol. The van der Waals surface area contributed by atoms with Crippen LogP contribution in [0.15, 0.2) is 0 Å². The molecule has 4 nitrogen and oxygen atoms in total. The predicted molar refractivity (Wildman–Crippen MR) is 73.3 cm³/mol. The van der Waals surface area contributed by atoms with Crippen molar-refractivity contribution in [2.24, 2.45) is 11.7 Å². The Kier molecular flexibility index (Phi) is 6.09. The number of nitrogens with zero attached hydrogens (tertiary/aromatic N) is 1. The van der Waals surface area contributed by atoms with Crippen molar-refractivity contribution in [3.63, 3.8) is 0 Å². The molecule has 0 saturated heterocycles. The molecule has 1 rings (SSSR count). The highest BCUT2D eigenvalue weighted by molar-refractivity contribution is 5.79. The van der Waals surface area contributed by atoms with Gasteiger partial charge in [0, 0.05) is 13.1 Å². The Morgan fingerprint density at radius 3 is 2.56 bits per heavy atom. The molecule has 2 N–H and O–H groups in total. The average Bonchev–Trinajstić information content (AvgIpc) is 3.10. The molecule has 1 aliphatic rings. The van der Waals surface area contributed by atoms with Crippen molar-refractivity contribution in [3.05, 3.63) is 0 Å². The molecule has 106 valence electrons. The number of rotatable bonds is 9. The zero-order chi connectivity index (χ0) is 13.6. The standard InChI is InChI=1S/C14H28N2O2/c1-4-9-16(11-12-6-7-12)10-8-14(3,15)13(17)18-5-2/h12H,4-11,15H2,1-3H3. The van der Waals surface area contributed by atoms with Crippen molar-refractivity contribution in [1.82, 2.24) is 4.90 Å². The summed E-state index contributed by atoms with van der Waals surface area (Å²) in [5, 5.41) is 0. The molecular weight excluding hydrogens is 228 g/mol. The first-order valence-corrected chi connectivity index (χ1v) is 7.18. The van der Waals surface area contributed by atoms with Crippen molar-refractivity contribution < 1.29 is 9.53 Å². The first-order valence-electron chi connectivity index (χ1n) is 7.18. The maximum absolute atomic E-state index is 11.7. The summed E-state index contributed by atoms with van der Waals surface area (Å²) < 4.78 is 5.01. The van der Waals surface area contributed by atoms with E-state index in [1.807, 2.05) is 6.92 Å². The van der Waals surface area contributed by atoms with Gasteiger partial charge in [-0.25, -0.2) is 0 Å². The minimum Gasteiger partial charge on any atom is -0.465 e. The fraction of sp³-hybridized carbons (Fsp3) is 0.929. The summed E-state index contributed by atoms with van der Waals surface area (Å²) >= 11 is 0. The topological polar surface area (TPSA) is 55.6 Å². The van der Waals surface area contributed by atoms with Crippen LogP contribution in [0, 0.1) is 5.92 Å². The Balaban J connectivity index is 2.36. The van der Waals surface area contributed by atoms with Gasteiger partial charge in [-0.05, 0) is 52.0 Å². The summed E-state index contributed by atoms with van der Waals surface area (Å²) in [5.74, 6) is 0.594. The third kappa shape index (κ3) is 5.36. The fourth-order valence-electron chi connectivity index (χ4n) is 2.06. The third-order valence-electron chi connectivity index (χ3n) is 3.44. The number of ether oxygens (including phenoxy) is 1. The molecule has 0 aromatic carbocycles. The number of hydrogen-bond acceptors (Lipinski definition) is 4. The summed E-state index contributed by atoms with van der Waals surface area (Å²) in [4.78, 5) is 14.1. The first kappa shape index (κ1) is 15.4. The second-order valence-electron chi connectivity index (χ2n) is 5.63. The van der Waals surface area contributed by atoms with Crippen LogP contribution in [0.5, 0.6) is 0 Å². The molecule has 4 heteroatoms. The molecule has 0 aliphatic heterocycles. The second-order valence-corrected chi connectivity index (χ2v) is 5.63. The van der Waals surface area contributed by atoms with Crippen molar-refractivity contribution in [3.8, 4) is 0 Å². The van der Waals surface area contributed by atoms with Gasteiger partial charge in [-0.1, -0.05) is 6.92 Å². The van der Waals surface area contributed by atoms with Crippen molar-refractivity contribution in [1.29, 1.82) is 0 Å². The molecule has 0 bridgehead atoms. The number of carbonyl (C=O) groups excluding carboxylic acids is 1. The summed E-state index contributed by atoms with van der Waals surface area (Å²) in [6.07, 6.45) is 4.53. The smallest absolute Gasteiger partial charge is 0.325 e. The lowest BCUT2D eigenvalue weighted by Gasteiger charge is -2.27. The van der Waals surface area contributed by atoms with Crippen LogP contribution in [0.4, 0.5) is 0 Å². The lowest BCUT2D eigenvalue weighted by atomic mass is 9.99. The number of esters is 1. The van der Waals surface area contributed by atoms with Crippen LogP contribution in [0.25, 0.3) is 0 Å². The molecule has 0 aromatic heterocycles. The van der Waals surface area contributed by atoms with E-state index in [9.17, 15) is 4.79 Å². The highest BCUT2D eigenvalue weighted by Gasteiger charge is 2.31. The van der Waals surface area contributed by atoms with Crippen molar-refractivity contribution in [2.45, 2.75) is 52.0 Å². The summed E-state index contributed by atoms with van der Waals surface area (Å²) in [6, 6.07) is 0. The third-order valence-corrected chi connectivity index (χ3v) is 3.44. The molecule has 0 aromatic rings. The molecule has 0 radical (unpaired) electrons. The Labute approximate surface area is 111 Å². The summed E-state index contributed by atoms with van der Waals surface area (Å²) in [7, 11) is 0. The van der Waals surface area contributed by atoms with Crippen LogP contribution in [0.2, 0.25) is 0 Å². The number of hydrogen-bond donors (Lipinski definition) is 1. The Bertz CT molecular complexity index is 263. The van der Waals surface area contributed by atoms with Gasteiger partial charge in [-0.15, -0.1) is 0 Å². The molecule has 0 spiro atoms. The quantitative estimate of drug-likeness (QED) is 0.639. The van der Waals surface area contributed by atoms with Gasteiger partial charge in [0.1, 0.15) is 5.54 Å². The van der Waals surface area contributed by atoms with Gasteiger partial charge in [0.05, 0.1) is 6.61 Å². The SMILES string of the molecule is CCCN(CCC(C)(N)C(=O)OCC)CC1CC1. The van der Waals surface area contributed by atoms with Crippen molar-refractivity contribution in [2.75, 3.05) is 26.2 Å². The van der Waals surface area contributed by atoms with E-state index in [2.05, 4.69) is 11.8 Å². The summed E-state index contributed by atoms with van der Waals surface area (Å²) in [5.41, 5.74) is 5.18. The van der Waals surface area contributed by atoms with Gasteiger partial charge in [0.2, 0.25) is 0 Å². The van der Waals surface area contributed by atoms with Gasteiger partial charge in [0.25, 0.3) is 0 Å². The van der Waals surface area contributed by atoms with Gasteiger partial charge >= 0.3 is 5.97 Å². The summed E-state index contributed by atoms with van der Waals surface area (Å²) in [6.45, 7) is 9.30. The predicted octanol–water partition coefficient (Wildman–Crippen LogP) is 1.78.